The smallest absolute Gasteiger partial charge is 0.244 e. The Kier molecular flexibility index (Phi) is 6.53. The average molecular weight is 491 g/mol. The van der Waals surface area contributed by atoms with E-state index in [1.807, 2.05) is 0 Å². The lowest BCUT2D eigenvalue weighted by Crippen LogP contribution is -2.46. The molecule has 3 aliphatic rings. The molecule has 7 nitrogen and oxygen atoms in total. The van der Waals surface area contributed by atoms with Gasteiger partial charge in [-0.1, -0.05) is 36.7 Å². The Morgan fingerprint density at radius 3 is 2.70 bits per heavy atom. The second-order valence-corrected chi connectivity index (χ2v) is 11.7. The molecule has 3 aliphatic heterocycles. The molecule has 1 unspecified atom stereocenters. The van der Waals surface area contributed by atoms with Gasteiger partial charge in [-0.2, -0.15) is 4.31 Å². The predicted octanol–water partition coefficient (Wildman–Crippen LogP) is 3.42. The van der Waals surface area contributed by atoms with E-state index in [1.165, 1.54) is 17.4 Å². The largest absolute Gasteiger partial charge is 0.379 e. The molecule has 1 aromatic heterocycles. The van der Waals surface area contributed by atoms with E-state index in [4.69, 9.17) is 16.3 Å². The first-order chi connectivity index (χ1) is 15.9. The zero-order chi connectivity index (χ0) is 23.0. The topological polar surface area (TPSA) is 66.0 Å². The summed E-state index contributed by atoms with van der Waals surface area (Å²) in [6, 6.07) is 10.5. The molecule has 1 aromatic carbocycles. The van der Waals surface area contributed by atoms with Gasteiger partial charge in [-0.15, -0.1) is 0 Å². The Morgan fingerprint density at radius 1 is 1.12 bits per heavy atom. The van der Waals surface area contributed by atoms with Gasteiger partial charge in [0.1, 0.15) is 10.7 Å². The molecule has 0 radical (unpaired) electrons. The van der Waals surface area contributed by atoms with Crippen LogP contribution in [0.5, 0.6) is 0 Å². The first-order valence-electron chi connectivity index (χ1n) is 11.8. The van der Waals surface area contributed by atoms with Crippen LogP contribution in [-0.4, -0.2) is 69.7 Å². The number of sulfonamides is 1. The van der Waals surface area contributed by atoms with E-state index < -0.39 is 10.0 Å². The average Bonchev–Trinajstić information content (AvgIpc) is 3.13. The fourth-order valence-corrected chi connectivity index (χ4v) is 7.04. The van der Waals surface area contributed by atoms with Gasteiger partial charge >= 0.3 is 0 Å². The molecule has 0 saturated carbocycles. The quantitative estimate of drug-likeness (QED) is 0.654. The van der Waals surface area contributed by atoms with E-state index in [0.29, 0.717) is 55.6 Å². The van der Waals surface area contributed by atoms with Gasteiger partial charge < -0.3 is 14.5 Å². The highest BCUT2D eigenvalue weighted by atomic mass is 35.5. The van der Waals surface area contributed by atoms with Crippen LogP contribution in [0.15, 0.2) is 41.4 Å². The molecule has 4 heterocycles. The minimum atomic E-state index is -3.63. The summed E-state index contributed by atoms with van der Waals surface area (Å²) in [7, 11) is -3.63. The molecule has 0 spiro atoms. The summed E-state index contributed by atoms with van der Waals surface area (Å²) >= 11 is 6.53. The van der Waals surface area contributed by atoms with Crippen molar-refractivity contribution < 1.29 is 13.2 Å². The Labute approximate surface area is 201 Å². The highest BCUT2D eigenvalue weighted by Crippen LogP contribution is 2.34. The molecule has 5 rings (SSSR count). The number of para-hydroxylation sites is 1. The summed E-state index contributed by atoms with van der Waals surface area (Å²) in [5.41, 5.74) is 2.69. The fourth-order valence-electron chi connectivity index (χ4n) is 5.25. The van der Waals surface area contributed by atoms with E-state index >= 15 is 0 Å². The number of nitrogens with zero attached hydrogens (tertiary/aromatic N) is 4. The van der Waals surface area contributed by atoms with Crippen LogP contribution in [-0.2, 0) is 21.2 Å². The molecular formula is C24H31ClN4O3S. The number of hydrogen-bond acceptors (Lipinski definition) is 6. The van der Waals surface area contributed by atoms with E-state index in [9.17, 15) is 8.42 Å². The molecule has 0 aliphatic carbocycles. The Balaban J connectivity index is 1.27. The van der Waals surface area contributed by atoms with Crippen molar-refractivity contribution in [2.75, 3.05) is 55.7 Å². The number of rotatable bonds is 4. The van der Waals surface area contributed by atoms with Gasteiger partial charge in [0.15, 0.2) is 0 Å². The molecule has 9 heteroatoms. The zero-order valence-electron chi connectivity index (χ0n) is 19.0. The van der Waals surface area contributed by atoms with Crippen molar-refractivity contribution in [2.45, 2.75) is 37.1 Å². The van der Waals surface area contributed by atoms with Gasteiger partial charge in [0.05, 0.1) is 18.2 Å². The summed E-state index contributed by atoms with van der Waals surface area (Å²) in [4.78, 5) is 9.17. The third-order valence-electron chi connectivity index (χ3n) is 6.96. The third kappa shape index (κ3) is 4.58. The maximum Gasteiger partial charge on any atom is 0.244 e. The Morgan fingerprint density at radius 2 is 1.91 bits per heavy atom. The Bertz CT molecular complexity index is 1100. The standard InChI is InChI=1S/C24H31ClN4O3S/c1-18-16-27(12-13-32-17-18)24-22(25)14-21(15-26-24)33(30,31)28-9-7-20(8-10-28)29-11-6-19-4-2-3-5-23(19)29/h2-5,14-15,18,20H,6-13,16-17H2,1H3. The second kappa shape index (κ2) is 9.41. The molecular weight excluding hydrogens is 460 g/mol. The highest BCUT2D eigenvalue weighted by molar-refractivity contribution is 7.89. The van der Waals surface area contributed by atoms with Crippen molar-refractivity contribution in [1.29, 1.82) is 0 Å². The number of hydrogen-bond donors (Lipinski definition) is 0. The molecule has 1 atom stereocenters. The number of ether oxygens (including phenoxy) is 1. The number of benzene rings is 1. The summed E-state index contributed by atoms with van der Waals surface area (Å²) in [6.45, 7) is 6.94. The van der Waals surface area contributed by atoms with E-state index in [0.717, 1.165) is 32.4 Å². The maximum atomic E-state index is 13.3. The number of piperidine rings is 1. The molecule has 0 N–H and O–H groups in total. The minimum Gasteiger partial charge on any atom is -0.379 e. The van der Waals surface area contributed by atoms with Crippen LogP contribution in [0.4, 0.5) is 11.5 Å². The first-order valence-corrected chi connectivity index (χ1v) is 13.6. The number of pyridine rings is 1. The summed E-state index contributed by atoms with van der Waals surface area (Å²) in [5, 5.41) is 0.369. The number of anilines is 2. The van der Waals surface area contributed by atoms with Gasteiger partial charge in [0.2, 0.25) is 10.0 Å². The number of halogens is 1. The van der Waals surface area contributed by atoms with Crippen molar-refractivity contribution >= 4 is 33.1 Å². The molecule has 0 bridgehead atoms. The SMILES string of the molecule is CC1COCCN(c2ncc(S(=O)(=O)N3CCC(N4CCc5ccccc54)CC3)cc2Cl)C1. The molecule has 2 aromatic rings. The maximum absolute atomic E-state index is 13.3. The van der Waals surface area contributed by atoms with Crippen LogP contribution >= 0.6 is 11.6 Å². The van der Waals surface area contributed by atoms with Gasteiger partial charge in [0, 0.05) is 50.6 Å². The van der Waals surface area contributed by atoms with Crippen LogP contribution in [0.3, 0.4) is 0 Å². The van der Waals surface area contributed by atoms with Crippen LogP contribution in [0.1, 0.15) is 25.3 Å². The van der Waals surface area contributed by atoms with Crippen molar-refractivity contribution in [3.63, 3.8) is 0 Å². The molecule has 178 valence electrons. The number of fused-ring (bicyclic) bond motifs is 1. The van der Waals surface area contributed by atoms with Gasteiger partial charge in [-0.25, -0.2) is 13.4 Å². The van der Waals surface area contributed by atoms with Crippen LogP contribution in [0.2, 0.25) is 5.02 Å². The summed E-state index contributed by atoms with van der Waals surface area (Å²) in [6.07, 6.45) is 4.15. The van der Waals surface area contributed by atoms with Gasteiger partial charge in [-0.3, -0.25) is 0 Å². The minimum absolute atomic E-state index is 0.167. The third-order valence-corrected chi connectivity index (χ3v) is 9.10. The molecule has 0 amide bonds. The lowest BCUT2D eigenvalue weighted by molar-refractivity contribution is 0.129. The van der Waals surface area contributed by atoms with Crippen molar-refractivity contribution in [1.82, 2.24) is 9.29 Å². The first kappa shape index (κ1) is 22.9. The van der Waals surface area contributed by atoms with Crippen LogP contribution in [0, 0.1) is 5.92 Å². The monoisotopic (exact) mass is 490 g/mol. The van der Waals surface area contributed by atoms with Gasteiger partial charge in [0.25, 0.3) is 0 Å². The van der Waals surface area contributed by atoms with Crippen LogP contribution < -0.4 is 9.80 Å². The van der Waals surface area contributed by atoms with Gasteiger partial charge in [-0.05, 0) is 42.9 Å². The second-order valence-electron chi connectivity index (χ2n) is 9.31. The van der Waals surface area contributed by atoms with Crippen LogP contribution in [0.25, 0.3) is 0 Å². The van der Waals surface area contributed by atoms with E-state index in [-0.39, 0.29) is 4.90 Å². The predicted molar refractivity (Wildman–Crippen MR) is 131 cm³/mol. The molecule has 2 saturated heterocycles. The lowest BCUT2D eigenvalue weighted by atomic mass is 10.0. The van der Waals surface area contributed by atoms with E-state index in [2.05, 4.69) is 46.0 Å². The molecule has 2 fully saturated rings. The van der Waals surface area contributed by atoms with E-state index in [1.54, 1.807) is 10.4 Å². The van der Waals surface area contributed by atoms with Crippen molar-refractivity contribution in [2.24, 2.45) is 5.92 Å². The summed E-state index contributed by atoms with van der Waals surface area (Å²) < 4.78 is 33.9. The lowest BCUT2D eigenvalue weighted by Gasteiger charge is -2.37. The number of aromatic nitrogens is 1. The highest BCUT2D eigenvalue weighted by Gasteiger charge is 2.34. The fraction of sp³-hybridized carbons (Fsp3) is 0.542. The van der Waals surface area contributed by atoms with Crippen molar-refractivity contribution in [3.8, 4) is 0 Å². The Hall–Kier alpha value is -1.87. The normalized spacial score (nSPS) is 22.9. The van der Waals surface area contributed by atoms with Crippen molar-refractivity contribution in [3.05, 3.63) is 47.1 Å². The summed E-state index contributed by atoms with van der Waals surface area (Å²) in [5.74, 6) is 0.983. The molecule has 33 heavy (non-hydrogen) atoms. The zero-order valence-corrected chi connectivity index (χ0v) is 20.6.